The van der Waals surface area contributed by atoms with Crippen molar-refractivity contribution in [3.8, 4) is 0 Å². The SMILES string of the molecule is CN(C)C[C@@H]1COCCN(C(=O)CCc2ccncc2)C1. The standard InChI is InChI=1S/C16H25N3O2/c1-18(2)11-15-12-19(9-10-21-13-15)16(20)4-3-14-5-7-17-8-6-14/h5-8,15H,3-4,9-13H2,1-2H3/t15-/m0/s1. The van der Waals surface area contributed by atoms with E-state index in [1.807, 2.05) is 17.0 Å². The second-order valence-corrected chi connectivity index (χ2v) is 5.90. The number of hydrogen-bond donors (Lipinski definition) is 0. The lowest BCUT2D eigenvalue weighted by Crippen LogP contribution is -2.38. The normalized spacial score (nSPS) is 19.6. The lowest BCUT2D eigenvalue weighted by Gasteiger charge is -2.25. The minimum Gasteiger partial charge on any atom is -0.379 e. The van der Waals surface area contributed by atoms with Gasteiger partial charge < -0.3 is 14.5 Å². The Labute approximate surface area is 126 Å². The third-order valence-corrected chi connectivity index (χ3v) is 3.69. The quantitative estimate of drug-likeness (QED) is 0.813. The zero-order chi connectivity index (χ0) is 15.1. The van der Waals surface area contributed by atoms with Crippen LogP contribution in [-0.4, -0.2) is 67.6 Å². The Morgan fingerprint density at radius 3 is 2.90 bits per heavy atom. The van der Waals surface area contributed by atoms with Crippen molar-refractivity contribution in [1.29, 1.82) is 0 Å². The van der Waals surface area contributed by atoms with E-state index in [1.165, 1.54) is 0 Å². The molecular weight excluding hydrogens is 266 g/mol. The van der Waals surface area contributed by atoms with Crippen LogP contribution in [0.1, 0.15) is 12.0 Å². The molecule has 1 atom stereocenters. The largest absolute Gasteiger partial charge is 0.379 e. The summed E-state index contributed by atoms with van der Waals surface area (Å²) in [5.41, 5.74) is 1.16. The predicted molar refractivity (Wildman–Crippen MR) is 82.0 cm³/mol. The number of amides is 1. The molecule has 21 heavy (non-hydrogen) atoms. The van der Waals surface area contributed by atoms with Gasteiger partial charge in [-0.05, 0) is 38.2 Å². The number of aromatic nitrogens is 1. The molecule has 1 aromatic rings. The minimum absolute atomic E-state index is 0.223. The van der Waals surface area contributed by atoms with Gasteiger partial charge in [0.15, 0.2) is 0 Å². The molecule has 2 heterocycles. The predicted octanol–water partition coefficient (Wildman–Crippen LogP) is 1.05. The third-order valence-electron chi connectivity index (χ3n) is 3.69. The number of rotatable bonds is 5. The van der Waals surface area contributed by atoms with Crippen molar-refractivity contribution in [1.82, 2.24) is 14.8 Å². The summed E-state index contributed by atoms with van der Waals surface area (Å²) in [6.07, 6.45) is 4.87. The first-order valence-electron chi connectivity index (χ1n) is 7.54. The maximum Gasteiger partial charge on any atom is 0.222 e. The van der Waals surface area contributed by atoms with Gasteiger partial charge in [0.25, 0.3) is 0 Å². The third kappa shape index (κ3) is 5.44. The van der Waals surface area contributed by atoms with Crippen molar-refractivity contribution in [2.75, 3.05) is 46.9 Å². The van der Waals surface area contributed by atoms with Gasteiger partial charge in [-0.2, -0.15) is 0 Å². The molecule has 0 unspecified atom stereocenters. The number of pyridine rings is 1. The van der Waals surface area contributed by atoms with Crippen LogP contribution in [0.5, 0.6) is 0 Å². The average molecular weight is 291 g/mol. The topological polar surface area (TPSA) is 45.7 Å². The second kappa shape index (κ2) is 8.10. The Morgan fingerprint density at radius 1 is 1.43 bits per heavy atom. The molecule has 1 aliphatic heterocycles. The number of carbonyl (C=O) groups is 1. The Kier molecular flexibility index (Phi) is 6.14. The van der Waals surface area contributed by atoms with Gasteiger partial charge in [-0.25, -0.2) is 0 Å². The summed E-state index contributed by atoms with van der Waals surface area (Å²) in [5, 5.41) is 0. The van der Waals surface area contributed by atoms with E-state index in [4.69, 9.17) is 4.74 Å². The highest BCUT2D eigenvalue weighted by molar-refractivity contribution is 5.76. The minimum atomic E-state index is 0.223. The molecule has 1 saturated heterocycles. The maximum atomic E-state index is 12.4. The van der Waals surface area contributed by atoms with Crippen molar-refractivity contribution in [2.24, 2.45) is 5.92 Å². The molecule has 1 aliphatic rings. The fourth-order valence-corrected chi connectivity index (χ4v) is 2.69. The molecule has 5 nitrogen and oxygen atoms in total. The van der Waals surface area contributed by atoms with E-state index in [1.54, 1.807) is 12.4 Å². The van der Waals surface area contributed by atoms with Crippen molar-refractivity contribution in [2.45, 2.75) is 12.8 Å². The summed E-state index contributed by atoms with van der Waals surface area (Å²) in [6, 6.07) is 3.93. The van der Waals surface area contributed by atoms with Crippen molar-refractivity contribution in [3.05, 3.63) is 30.1 Å². The number of hydrogen-bond acceptors (Lipinski definition) is 4. The molecule has 0 N–H and O–H groups in total. The molecular formula is C16H25N3O2. The first-order valence-corrected chi connectivity index (χ1v) is 7.54. The highest BCUT2D eigenvalue weighted by Crippen LogP contribution is 2.11. The molecule has 1 fully saturated rings. The lowest BCUT2D eigenvalue weighted by molar-refractivity contribution is -0.131. The highest BCUT2D eigenvalue weighted by atomic mass is 16.5. The number of carbonyl (C=O) groups excluding carboxylic acids is 1. The maximum absolute atomic E-state index is 12.4. The summed E-state index contributed by atoms with van der Waals surface area (Å²) < 4.78 is 5.62. The van der Waals surface area contributed by atoms with Crippen molar-refractivity contribution < 1.29 is 9.53 Å². The number of ether oxygens (including phenoxy) is 1. The van der Waals surface area contributed by atoms with Crippen LogP contribution in [-0.2, 0) is 16.0 Å². The van der Waals surface area contributed by atoms with Gasteiger partial charge in [-0.3, -0.25) is 9.78 Å². The van der Waals surface area contributed by atoms with Crippen molar-refractivity contribution >= 4 is 5.91 Å². The van der Waals surface area contributed by atoms with Gasteiger partial charge >= 0.3 is 0 Å². The van der Waals surface area contributed by atoms with Crippen LogP contribution in [0.2, 0.25) is 0 Å². The summed E-state index contributed by atoms with van der Waals surface area (Å²) in [4.78, 5) is 20.5. The van der Waals surface area contributed by atoms with E-state index < -0.39 is 0 Å². The molecule has 116 valence electrons. The van der Waals surface area contributed by atoms with Gasteiger partial charge in [-0.15, -0.1) is 0 Å². The van der Waals surface area contributed by atoms with Gasteiger partial charge in [0.05, 0.1) is 13.2 Å². The molecule has 1 aromatic heterocycles. The zero-order valence-corrected chi connectivity index (χ0v) is 13.0. The highest BCUT2D eigenvalue weighted by Gasteiger charge is 2.22. The molecule has 0 aromatic carbocycles. The monoisotopic (exact) mass is 291 g/mol. The van der Waals surface area contributed by atoms with E-state index in [0.29, 0.717) is 25.5 Å². The van der Waals surface area contributed by atoms with Crippen LogP contribution in [0.3, 0.4) is 0 Å². The smallest absolute Gasteiger partial charge is 0.222 e. The Bertz CT molecular complexity index is 436. The van der Waals surface area contributed by atoms with Gasteiger partial charge in [0.1, 0.15) is 0 Å². The molecule has 0 spiro atoms. The van der Waals surface area contributed by atoms with Crippen molar-refractivity contribution in [3.63, 3.8) is 0 Å². The van der Waals surface area contributed by atoms with Crippen LogP contribution in [0.15, 0.2) is 24.5 Å². The molecule has 0 bridgehead atoms. The summed E-state index contributed by atoms with van der Waals surface area (Å²) in [6.45, 7) is 3.85. The molecule has 1 amide bonds. The summed E-state index contributed by atoms with van der Waals surface area (Å²) in [5.74, 6) is 0.619. The van der Waals surface area contributed by atoms with Crippen LogP contribution in [0, 0.1) is 5.92 Å². The lowest BCUT2D eigenvalue weighted by atomic mass is 10.1. The van der Waals surface area contributed by atoms with E-state index in [2.05, 4.69) is 24.0 Å². The second-order valence-electron chi connectivity index (χ2n) is 5.90. The van der Waals surface area contributed by atoms with Gasteiger partial charge in [0.2, 0.25) is 5.91 Å². The first kappa shape index (κ1) is 15.9. The first-order chi connectivity index (χ1) is 10.1. The van der Waals surface area contributed by atoms with Gasteiger partial charge in [0, 0.05) is 44.4 Å². The molecule has 0 aliphatic carbocycles. The zero-order valence-electron chi connectivity index (χ0n) is 13.0. The van der Waals surface area contributed by atoms with E-state index >= 15 is 0 Å². The molecule has 0 saturated carbocycles. The average Bonchev–Trinajstić information content (AvgIpc) is 2.71. The number of aryl methyl sites for hydroxylation is 1. The Morgan fingerprint density at radius 2 is 2.19 bits per heavy atom. The summed E-state index contributed by atoms with van der Waals surface area (Å²) in [7, 11) is 4.11. The summed E-state index contributed by atoms with van der Waals surface area (Å²) >= 11 is 0. The Balaban J connectivity index is 1.85. The fraction of sp³-hybridized carbons (Fsp3) is 0.625. The van der Waals surface area contributed by atoms with Crippen LogP contribution >= 0.6 is 0 Å². The van der Waals surface area contributed by atoms with Crippen LogP contribution < -0.4 is 0 Å². The fourth-order valence-electron chi connectivity index (χ4n) is 2.69. The van der Waals surface area contributed by atoms with E-state index in [9.17, 15) is 4.79 Å². The molecule has 5 heteroatoms. The van der Waals surface area contributed by atoms with E-state index in [0.717, 1.165) is 31.7 Å². The molecule has 0 radical (unpaired) electrons. The van der Waals surface area contributed by atoms with Crippen LogP contribution in [0.4, 0.5) is 0 Å². The van der Waals surface area contributed by atoms with Crippen LogP contribution in [0.25, 0.3) is 0 Å². The Hall–Kier alpha value is -1.46. The number of nitrogens with zero attached hydrogens (tertiary/aromatic N) is 3. The van der Waals surface area contributed by atoms with Gasteiger partial charge in [-0.1, -0.05) is 0 Å². The molecule has 2 rings (SSSR count). The van der Waals surface area contributed by atoms with E-state index in [-0.39, 0.29) is 5.91 Å².